The van der Waals surface area contributed by atoms with Gasteiger partial charge in [0, 0.05) is 24.5 Å². The van der Waals surface area contributed by atoms with E-state index in [2.05, 4.69) is 11.9 Å². The first-order valence-electron chi connectivity index (χ1n) is 6.63. The predicted octanol–water partition coefficient (Wildman–Crippen LogP) is 2.89. The minimum Gasteiger partial charge on any atom is -0.490 e. The van der Waals surface area contributed by atoms with E-state index >= 15 is 0 Å². The van der Waals surface area contributed by atoms with Gasteiger partial charge in [-0.2, -0.15) is 0 Å². The van der Waals surface area contributed by atoms with Crippen molar-refractivity contribution in [2.75, 3.05) is 0 Å². The number of pyridine rings is 1. The lowest BCUT2D eigenvalue weighted by Crippen LogP contribution is -2.25. The van der Waals surface area contributed by atoms with Crippen LogP contribution < -0.4 is 10.5 Å². The average molecular weight is 234 g/mol. The number of nitrogens with zero attached hydrogens (tertiary/aromatic N) is 1. The van der Waals surface area contributed by atoms with Gasteiger partial charge in [0.25, 0.3) is 0 Å². The van der Waals surface area contributed by atoms with Crippen molar-refractivity contribution in [1.82, 2.24) is 4.98 Å². The Balaban J connectivity index is 2.00. The van der Waals surface area contributed by atoms with E-state index in [-0.39, 0.29) is 0 Å². The highest BCUT2D eigenvalue weighted by Gasteiger charge is 2.22. The largest absolute Gasteiger partial charge is 0.490 e. The third-order valence-corrected chi connectivity index (χ3v) is 3.68. The number of hydrogen-bond donors (Lipinski definition) is 1. The Hall–Kier alpha value is -1.09. The Kier molecular flexibility index (Phi) is 4.37. The topological polar surface area (TPSA) is 48.1 Å². The highest BCUT2D eigenvalue weighted by atomic mass is 16.5. The molecule has 1 aromatic rings. The molecule has 0 saturated heterocycles. The molecule has 0 aliphatic heterocycles. The molecule has 1 saturated carbocycles. The third-order valence-electron chi connectivity index (χ3n) is 3.68. The summed E-state index contributed by atoms with van der Waals surface area (Å²) in [5.74, 6) is 1.75. The summed E-state index contributed by atoms with van der Waals surface area (Å²) in [4.78, 5) is 4.08. The van der Waals surface area contributed by atoms with Crippen LogP contribution in [0.3, 0.4) is 0 Å². The molecule has 1 aromatic heterocycles. The van der Waals surface area contributed by atoms with Gasteiger partial charge in [-0.25, -0.2) is 0 Å². The van der Waals surface area contributed by atoms with Crippen LogP contribution in [0.15, 0.2) is 18.5 Å². The Labute approximate surface area is 103 Å². The number of ether oxygens (including phenoxy) is 1. The van der Waals surface area contributed by atoms with Crippen molar-refractivity contribution in [2.45, 2.75) is 51.7 Å². The van der Waals surface area contributed by atoms with Gasteiger partial charge in [-0.1, -0.05) is 19.8 Å². The summed E-state index contributed by atoms with van der Waals surface area (Å²) in [6.45, 7) is 2.76. The molecule has 1 fully saturated rings. The van der Waals surface area contributed by atoms with Crippen LogP contribution in [0, 0.1) is 5.92 Å². The third kappa shape index (κ3) is 3.19. The first-order chi connectivity index (χ1) is 8.33. The van der Waals surface area contributed by atoms with E-state index in [4.69, 9.17) is 10.5 Å². The summed E-state index contributed by atoms with van der Waals surface area (Å²) < 4.78 is 6.09. The number of rotatable bonds is 4. The fourth-order valence-electron chi connectivity index (χ4n) is 2.58. The number of aromatic nitrogens is 1. The number of hydrogen-bond acceptors (Lipinski definition) is 3. The summed E-state index contributed by atoms with van der Waals surface area (Å²) in [5.41, 5.74) is 6.69. The maximum atomic E-state index is 6.09. The van der Waals surface area contributed by atoms with Gasteiger partial charge in [-0.15, -0.1) is 0 Å². The summed E-state index contributed by atoms with van der Waals surface area (Å²) in [6, 6.07) is 1.93. The lowest BCUT2D eigenvalue weighted by Gasteiger charge is -2.29. The van der Waals surface area contributed by atoms with Crippen LogP contribution in [-0.2, 0) is 6.54 Å². The van der Waals surface area contributed by atoms with Crippen molar-refractivity contribution in [3.05, 3.63) is 24.0 Å². The molecule has 0 bridgehead atoms. The Morgan fingerprint density at radius 1 is 1.47 bits per heavy atom. The van der Waals surface area contributed by atoms with E-state index in [1.807, 2.05) is 6.07 Å². The minimum atomic E-state index is 0.362. The predicted molar refractivity (Wildman–Crippen MR) is 68.8 cm³/mol. The fourth-order valence-corrected chi connectivity index (χ4v) is 2.58. The smallest absolute Gasteiger partial charge is 0.127 e. The summed E-state index contributed by atoms with van der Waals surface area (Å²) >= 11 is 0. The summed E-state index contributed by atoms with van der Waals surface area (Å²) in [7, 11) is 0. The quantitative estimate of drug-likeness (QED) is 0.871. The molecular weight excluding hydrogens is 212 g/mol. The molecule has 2 rings (SSSR count). The maximum absolute atomic E-state index is 6.09. The van der Waals surface area contributed by atoms with Crippen LogP contribution in [-0.4, -0.2) is 11.1 Å². The van der Waals surface area contributed by atoms with E-state index in [1.54, 1.807) is 12.4 Å². The van der Waals surface area contributed by atoms with Crippen LogP contribution >= 0.6 is 0 Å². The van der Waals surface area contributed by atoms with Gasteiger partial charge in [-0.05, 0) is 31.2 Å². The zero-order chi connectivity index (χ0) is 12.1. The van der Waals surface area contributed by atoms with Gasteiger partial charge in [0.1, 0.15) is 5.75 Å². The second-order valence-corrected chi connectivity index (χ2v) is 4.87. The van der Waals surface area contributed by atoms with Crippen molar-refractivity contribution in [3.8, 4) is 5.75 Å². The first kappa shape index (κ1) is 12.4. The van der Waals surface area contributed by atoms with Gasteiger partial charge in [0.15, 0.2) is 0 Å². The highest BCUT2D eigenvalue weighted by Crippen LogP contribution is 2.30. The molecule has 2 unspecified atom stereocenters. The minimum absolute atomic E-state index is 0.362. The Morgan fingerprint density at radius 2 is 2.35 bits per heavy atom. The summed E-state index contributed by atoms with van der Waals surface area (Å²) in [6.07, 6.45) is 10.2. The molecule has 1 aliphatic carbocycles. The standard InChI is InChI=1S/C14H22N2O/c1-2-11-4-3-5-13(8-11)17-14-6-7-16-10-12(14)9-15/h6-7,10-11,13H,2-5,8-9,15H2,1H3. The molecule has 94 valence electrons. The number of nitrogens with two attached hydrogens (primary N) is 1. The Bertz CT molecular complexity index is 354. The molecule has 2 atom stereocenters. The molecule has 3 nitrogen and oxygen atoms in total. The van der Waals surface area contributed by atoms with Gasteiger partial charge >= 0.3 is 0 Å². The van der Waals surface area contributed by atoms with Crippen LogP contribution in [0.1, 0.15) is 44.6 Å². The first-order valence-corrected chi connectivity index (χ1v) is 6.63. The molecule has 0 radical (unpaired) electrons. The van der Waals surface area contributed by atoms with E-state index in [9.17, 15) is 0 Å². The molecule has 0 amide bonds. The van der Waals surface area contributed by atoms with Gasteiger partial charge < -0.3 is 10.5 Å². The fraction of sp³-hybridized carbons (Fsp3) is 0.643. The molecule has 1 heterocycles. The maximum Gasteiger partial charge on any atom is 0.127 e. The van der Waals surface area contributed by atoms with Gasteiger partial charge in [0.2, 0.25) is 0 Å². The lowest BCUT2D eigenvalue weighted by molar-refractivity contribution is 0.121. The molecular formula is C14H22N2O. The monoisotopic (exact) mass is 234 g/mol. The zero-order valence-electron chi connectivity index (χ0n) is 10.6. The highest BCUT2D eigenvalue weighted by molar-refractivity contribution is 5.30. The molecule has 17 heavy (non-hydrogen) atoms. The van der Waals surface area contributed by atoms with Crippen LogP contribution in [0.25, 0.3) is 0 Å². The normalized spacial score (nSPS) is 24.6. The SMILES string of the molecule is CCC1CCCC(Oc2ccncc2CN)C1. The van der Waals surface area contributed by atoms with E-state index in [1.165, 1.54) is 32.1 Å². The van der Waals surface area contributed by atoms with Crippen LogP contribution in [0.2, 0.25) is 0 Å². The molecule has 3 heteroatoms. The van der Waals surface area contributed by atoms with Crippen molar-refractivity contribution < 1.29 is 4.74 Å². The van der Waals surface area contributed by atoms with Crippen molar-refractivity contribution in [3.63, 3.8) is 0 Å². The van der Waals surface area contributed by atoms with E-state index in [0.717, 1.165) is 17.2 Å². The lowest BCUT2D eigenvalue weighted by atomic mass is 9.85. The molecule has 1 aliphatic rings. The van der Waals surface area contributed by atoms with Gasteiger partial charge in [0.05, 0.1) is 6.10 Å². The van der Waals surface area contributed by atoms with Crippen LogP contribution in [0.5, 0.6) is 5.75 Å². The van der Waals surface area contributed by atoms with Crippen LogP contribution in [0.4, 0.5) is 0 Å². The second-order valence-electron chi connectivity index (χ2n) is 4.87. The summed E-state index contributed by atoms with van der Waals surface area (Å²) in [5, 5.41) is 0. The molecule has 0 aromatic carbocycles. The van der Waals surface area contributed by atoms with Gasteiger partial charge in [-0.3, -0.25) is 4.98 Å². The molecule has 2 N–H and O–H groups in total. The zero-order valence-corrected chi connectivity index (χ0v) is 10.6. The van der Waals surface area contributed by atoms with Crippen molar-refractivity contribution >= 4 is 0 Å². The van der Waals surface area contributed by atoms with Crippen molar-refractivity contribution in [1.29, 1.82) is 0 Å². The van der Waals surface area contributed by atoms with Crippen molar-refractivity contribution in [2.24, 2.45) is 11.7 Å². The molecule has 0 spiro atoms. The second kappa shape index (κ2) is 6.01. The van der Waals surface area contributed by atoms with E-state index in [0.29, 0.717) is 12.6 Å². The Morgan fingerprint density at radius 3 is 3.12 bits per heavy atom. The average Bonchev–Trinajstić information content (AvgIpc) is 2.39. The van der Waals surface area contributed by atoms with E-state index < -0.39 is 0 Å².